The largest absolute Gasteiger partial charge is 0.507 e. The fraction of sp³-hybridized carbons (Fsp3) is 0.150. The van der Waals surface area contributed by atoms with Crippen LogP contribution in [0, 0.1) is 0 Å². The number of hydrogen-bond acceptors (Lipinski definition) is 5. The molecule has 0 heterocycles. The molecule has 0 spiro atoms. The van der Waals surface area contributed by atoms with Gasteiger partial charge in [0.05, 0.1) is 7.11 Å². The van der Waals surface area contributed by atoms with E-state index in [-0.39, 0.29) is 23.0 Å². The van der Waals surface area contributed by atoms with E-state index in [4.69, 9.17) is 4.74 Å². The Morgan fingerprint density at radius 1 is 1.12 bits per heavy atom. The lowest BCUT2D eigenvalue weighted by Gasteiger charge is -2.11. The fourth-order valence-electron chi connectivity index (χ4n) is 2.17. The molecule has 0 bridgehead atoms. The summed E-state index contributed by atoms with van der Waals surface area (Å²) in [7, 11) is 5.33. The Balaban J connectivity index is 2.10. The molecule has 2 rings (SSSR count). The van der Waals surface area contributed by atoms with Crippen LogP contribution in [0.3, 0.4) is 0 Å². The second-order valence-electron chi connectivity index (χ2n) is 5.64. The van der Waals surface area contributed by atoms with Crippen LogP contribution in [-0.4, -0.2) is 37.2 Å². The van der Waals surface area contributed by atoms with E-state index in [9.17, 15) is 15.0 Å². The van der Waals surface area contributed by atoms with E-state index < -0.39 is 0 Å². The SMILES string of the molecule is COc1cc(/C(O)=C/C(=O)/C=C/c2ccc(N(C)C)cc2)ccc1O. The molecule has 0 aliphatic heterocycles. The Kier molecular flexibility index (Phi) is 5.84. The molecule has 0 atom stereocenters. The summed E-state index contributed by atoms with van der Waals surface area (Å²) in [6.45, 7) is 0. The number of nitrogens with zero attached hydrogens (tertiary/aromatic N) is 1. The minimum absolute atomic E-state index is 0.0357. The molecule has 0 saturated carbocycles. The van der Waals surface area contributed by atoms with E-state index in [0.717, 1.165) is 17.3 Å². The van der Waals surface area contributed by atoms with E-state index in [1.807, 2.05) is 43.3 Å². The van der Waals surface area contributed by atoms with Gasteiger partial charge in [0, 0.05) is 31.4 Å². The predicted octanol–water partition coefficient (Wildman–Crippen LogP) is 3.65. The van der Waals surface area contributed by atoms with Gasteiger partial charge in [-0.25, -0.2) is 0 Å². The average Bonchev–Trinajstić information content (AvgIpc) is 2.60. The molecule has 0 saturated heterocycles. The molecular formula is C20H21NO4. The number of phenolic OH excluding ortho intramolecular Hbond substituents is 1. The average molecular weight is 339 g/mol. The maximum absolute atomic E-state index is 12.0. The highest BCUT2D eigenvalue weighted by atomic mass is 16.5. The van der Waals surface area contributed by atoms with Crippen LogP contribution in [-0.2, 0) is 4.79 Å². The molecule has 5 nitrogen and oxygen atoms in total. The van der Waals surface area contributed by atoms with Gasteiger partial charge < -0.3 is 19.8 Å². The normalized spacial score (nSPS) is 11.6. The summed E-state index contributed by atoms with van der Waals surface area (Å²) in [6.07, 6.45) is 4.19. The Hall–Kier alpha value is -3.21. The fourth-order valence-corrected chi connectivity index (χ4v) is 2.17. The molecule has 0 aromatic heterocycles. The number of aliphatic hydroxyl groups is 1. The van der Waals surface area contributed by atoms with Gasteiger partial charge in [-0.05, 0) is 42.0 Å². The molecule has 5 heteroatoms. The van der Waals surface area contributed by atoms with Gasteiger partial charge in [-0.2, -0.15) is 0 Å². The minimum Gasteiger partial charge on any atom is -0.507 e. The van der Waals surface area contributed by atoms with Gasteiger partial charge in [0.2, 0.25) is 0 Å². The van der Waals surface area contributed by atoms with E-state index in [1.54, 1.807) is 6.08 Å². The summed E-state index contributed by atoms with van der Waals surface area (Å²) in [6, 6.07) is 12.1. The van der Waals surface area contributed by atoms with Crippen LogP contribution >= 0.6 is 0 Å². The number of aromatic hydroxyl groups is 1. The summed E-state index contributed by atoms with van der Waals surface area (Å²) in [4.78, 5) is 14.0. The van der Waals surface area contributed by atoms with Crippen molar-refractivity contribution in [3.63, 3.8) is 0 Å². The van der Waals surface area contributed by atoms with Crippen LogP contribution in [0.5, 0.6) is 11.5 Å². The van der Waals surface area contributed by atoms with Crippen LogP contribution in [0.15, 0.2) is 54.6 Å². The number of carbonyl (C=O) groups excluding carboxylic acids is 1. The highest BCUT2D eigenvalue weighted by Crippen LogP contribution is 2.28. The topological polar surface area (TPSA) is 70.0 Å². The first kappa shape index (κ1) is 18.1. The van der Waals surface area contributed by atoms with E-state index in [1.165, 1.54) is 31.4 Å². The maximum atomic E-state index is 12.0. The van der Waals surface area contributed by atoms with Crippen molar-refractivity contribution in [3.05, 3.63) is 65.7 Å². The van der Waals surface area contributed by atoms with Crippen LogP contribution in [0.25, 0.3) is 11.8 Å². The molecule has 2 aromatic carbocycles. The molecule has 25 heavy (non-hydrogen) atoms. The lowest BCUT2D eigenvalue weighted by molar-refractivity contribution is -0.110. The molecule has 0 unspecified atom stereocenters. The quantitative estimate of drug-likeness (QED) is 0.621. The van der Waals surface area contributed by atoms with Gasteiger partial charge in [-0.15, -0.1) is 0 Å². The second-order valence-corrected chi connectivity index (χ2v) is 5.64. The highest BCUT2D eigenvalue weighted by Gasteiger charge is 2.07. The molecular weight excluding hydrogens is 318 g/mol. The number of hydrogen-bond donors (Lipinski definition) is 2. The number of benzene rings is 2. The number of phenols is 1. The lowest BCUT2D eigenvalue weighted by atomic mass is 10.1. The van der Waals surface area contributed by atoms with Gasteiger partial charge in [-0.1, -0.05) is 18.2 Å². The summed E-state index contributed by atoms with van der Waals surface area (Å²) in [5.41, 5.74) is 2.34. The third-order valence-electron chi connectivity index (χ3n) is 3.60. The smallest absolute Gasteiger partial charge is 0.182 e. The molecule has 2 aromatic rings. The van der Waals surface area contributed by atoms with Gasteiger partial charge in [0.25, 0.3) is 0 Å². The van der Waals surface area contributed by atoms with Crippen molar-refractivity contribution < 1.29 is 19.7 Å². The van der Waals surface area contributed by atoms with Crippen LogP contribution in [0.4, 0.5) is 5.69 Å². The van der Waals surface area contributed by atoms with Crippen molar-refractivity contribution in [1.82, 2.24) is 0 Å². The Morgan fingerprint density at radius 3 is 2.40 bits per heavy atom. The second kappa shape index (κ2) is 8.06. The standard InChI is InChI=1S/C20H21NO4/c1-21(2)16-8-4-14(5-9-16)6-10-17(22)13-19(24)15-7-11-18(23)20(12-15)25-3/h4-13,23-24H,1-3H3/b10-6+,19-13-. The van der Waals surface area contributed by atoms with Crippen molar-refractivity contribution in [2.24, 2.45) is 0 Å². The molecule has 0 amide bonds. The first-order chi connectivity index (χ1) is 11.9. The van der Waals surface area contributed by atoms with Crippen molar-refractivity contribution in [3.8, 4) is 11.5 Å². The highest BCUT2D eigenvalue weighted by molar-refractivity contribution is 6.05. The van der Waals surface area contributed by atoms with Gasteiger partial charge in [0.15, 0.2) is 17.3 Å². The summed E-state index contributed by atoms with van der Waals surface area (Å²) < 4.78 is 4.98. The first-order valence-electron chi connectivity index (χ1n) is 7.68. The number of methoxy groups -OCH3 is 1. The molecule has 0 aliphatic carbocycles. The number of ketones is 1. The number of anilines is 1. The zero-order valence-corrected chi connectivity index (χ0v) is 14.4. The van der Waals surface area contributed by atoms with Gasteiger partial charge in [-0.3, -0.25) is 4.79 Å². The zero-order chi connectivity index (χ0) is 18.4. The number of ether oxygens (including phenoxy) is 1. The number of aliphatic hydroxyl groups excluding tert-OH is 1. The lowest BCUT2D eigenvalue weighted by Crippen LogP contribution is -2.07. The first-order valence-corrected chi connectivity index (χ1v) is 7.68. The van der Waals surface area contributed by atoms with Gasteiger partial charge >= 0.3 is 0 Å². The zero-order valence-electron chi connectivity index (χ0n) is 14.4. The van der Waals surface area contributed by atoms with Crippen molar-refractivity contribution in [1.29, 1.82) is 0 Å². The molecule has 130 valence electrons. The Labute approximate surface area is 147 Å². The number of rotatable bonds is 6. The van der Waals surface area contributed by atoms with Gasteiger partial charge in [0.1, 0.15) is 5.76 Å². The van der Waals surface area contributed by atoms with Crippen LogP contribution < -0.4 is 9.64 Å². The Bertz CT molecular complexity index is 805. The molecule has 2 N–H and O–H groups in total. The van der Waals surface area contributed by atoms with Crippen LogP contribution in [0.1, 0.15) is 11.1 Å². The predicted molar refractivity (Wildman–Crippen MR) is 100 cm³/mol. The third kappa shape index (κ3) is 4.88. The van der Waals surface area contributed by atoms with Crippen molar-refractivity contribution >= 4 is 23.3 Å². The third-order valence-corrected chi connectivity index (χ3v) is 3.60. The van der Waals surface area contributed by atoms with E-state index in [2.05, 4.69) is 0 Å². The van der Waals surface area contributed by atoms with Crippen molar-refractivity contribution in [2.45, 2.75) is 0 Å². The van der Waals surface area contributed by atoms with E-state index in [0.29, 0.717) is 5.56 Å². The number of carbonyl (C=O) groups is 1. The molecule has 0 radical (unpaired) electrons. The van der Waals surface area contributed by atoms with Crippen molar-refractivity contribution in [2.75, 3.05) is 26.1 Å². The Morgan fingerprint density at radius 2 is 1.80 bits per heavy atom. The summed E-state index contributed by atoms with van der Waals surface area (Å²) in [5, 5.41) is 19.6. The maximum Gasteiger partial charge on any atom is 0.182 e. The van der Waals surface area contributed by atoms with E-state index >= 15 is 0 Å². The number of allylic oxidation sites excluding steroid dienone is 2. The summed E-state index contributed by atoms with van der Waals surface area (Å²) in [5.74, 6) is -0.356. The monoisotopic (exact) mass is 339 g/mol. The summed E-state index contributed by atoms with van der Waals surface area (Å²) >= 11 is 0. The molecule has 0 aliphatic rings. The van der Waals surface area contributed by atoms with Crippen LogP contribution in [0.2, 0.25) is 0 Å². The molecule has 0 fully saturated rings. The minimum atomic E-state index is -0.346.